The normalized spacial score (nSPS) is 22.4. The molecule has 0 aliphatic carbocycles. The van der Waals surface area contributed by atoms with Crippen molar-refractivity contribution in [2.24, 2.45) is 0 Å². The molecule has 1 aliphatic rings. The van der Waals surface area contributed by atoms with Gasteiger partial charge in [-0.15, -0.1) is 0 Å². The largest absolute Gasteiger partial charge is 0.378 e. The molecule has 6 heteroatoms. The molecule has 0 radical (unpaired) electrons. The Morgan fingerprint density at radius 3 is 1.79 bits per heavy atom. The number of unbranched alkanes of at least 4 members (excludes halogenated alkanes) is 7. The summed E-state index contributed by atoms with van der Waals surface area (Å²) in [5, 5.41) is 6.79. The van der Waals surface area contributed by atoms with Gasteiger partial charge in [0.25, 0.3) is 0 Å². The van der Waals surface area contributed by atoms with Crippen LogP contribution in [-0.2, 0) is 18.9 Å². The van der Waals surface area contributed by atoms with Crippen molar-refractivity contribution in [1.82, 2.24) is 10.6 Å². The van der Waals surface area contributed by atoms with Crippen molar-refractivity contribution < 1.29 is 18.9 Å². The molecular weight excluding hydrogens is 356 g/mol. The quantitative estimate of drug-likeness (QED) is 0.578. The van der Waals surface area contributed by atoms with Crippen LogP contribution in [0.5, 0.6) is 0 Å². The highest BCUT2D eigenvalue weighted by Crippen LogP contribution is 2.11. The second-order valence-corrected chi connectivity index (χ2v) is 7.55. The van der Waals surface area contributed by atoms with E-state index >= 15 is 0 Å². The van der Waals surface area contributed by atoms with Gasteiger partial charge in [-0.1, -0.05) is 58.3 Å². The Hall–Kier alpha value is -0.240. The maximum absolute atomic E-state index is 6.08. The molecule has 1 rings (SSSR count). The fourth-order valence-corrected chi connectivity index (χ4v) is 3.27. The summed E-state index contributed by atoms with van der Waals surface area (Å²) in [6, 6.07) is 0. The summed E-state index contributed by atoms with van der Waals surface area (Å²) in [7, 11) is 0. The van der Waals surface area contributed by atoms with Gasteiger partial charge in [0.15, 0.2) is 0 Å². The Morgan fingerprint density at radius 2 is 1.14 bits per heavy atom. The van der Waals surface area contributed by atoms with Gasteiger partial charge in [0.2, 0.25) is 0 Å². The molecule has 1 unspecified atom stereocenters. The third-order valence-electron chi connectivity index (χ3n) is 4.97. The number of ether oxygens (including phenoxy) is 4. The molecule has 1 atom stereocenters. The van der Waals surface area contributed by atoms with Crippen LogP contribution in [0.4, 0.5) is 0 Å². The van der Waals surface area contributed by atoms with Gasteiger partial charge in [-0.3, -0.25) is 0 Å². The van der Waals surface area contributed by atoms with E-state index in [0.29, 0.717) is 39.6 Å². The maximum atomic E-state index is 6.08. The SMILES string of the molecule is CCCCCCCCCCC1CNCCOCCOCCNCCOCCO1. The molecule has 0 spiro atoms. The first kappa shape index (κ1) is 25.8. The Morgan fingerprint density at radius 1 is 0.607 bits per heavy atom. The first-order valence-corrected chi connectivity index (χ1v) is 11.7. The summed E-state index contributed by atoms with van der Waals surface area (Å²) < 4.78 is 22.8. The minimum atomic E-state index is 0.268. The van der Waals surface area contributed by atoms with E-state index in [1.165, 1.54) is 51.4 Å². The Balaban J connectivity index is 2.15. The van der Waals surface area contributed by atoms with Crippen LogP contribution in [0.25, 0.3) is 0 Å². The molecule has 2 N–H and O–H groups in total. The van der Waals surface area contributed by atoms with Gasteiger partial charge >= 0.3 is 0 Å². The van der Waals surface area contributed by atoms with Crippen LogP contribution in [0.1, 0.15) is 64.7 Å². The molecule has 1 heterocycles. The maximum Gasteiger partial charge on any atom is 0.0704 e. The van der Waals surface area contributed by atoms with E-state index in [-0.39, 0.29) is 6.10 Å². The zero-order valence-corrected chi connectivity index (χ0v) is 18.4. The summed E-state index contributed by atoms with van der Waals surface area (Å²) in [6.45, 7) is 10.5. The van der Waals surface area contributed by atoms with E-state index < -0.39 is 0 Å². The Bertz CT molecular complexity index is 290. The summed E-state index contributed by atoms with van der Waals surface area (Å²) in [4.78, 5) is 0. The van der Waals surface area contributed by atoms with Gasteiger partial charge in [-0.2, -0.15) is 0 Å². The van der Waals surface area contributed by atoms with Crippen LogP contribution in [0.2, 0.25) is 0 Å². The van der Waals surface area contributed by atoms with E-state index in [2.05, 4.69) is 17.6 Å². The van der Waals surface area contributed by atoms with Crippen molar-refractivity contribution in [2.75, 3.05) is 72.4 Å². The van der Waals surface area contributed by atoms with Crippen molar-refractivity contribution in [3.05, 3.63) is 0 Å². The molecule has 0 saturated carbocycles. The second kappa shape index (κ2) is 21.5. The summed E-state index contributed by atoms with van der Waals surface area (Å²) in [5.74, 6) is 0. The number of nitrogens with one attached hydrogen (secondary N) is 2. The minimum Gasteiger partial charge on any atom is -0.378 e. The molecule has 0 amide bonds. The predicted molar refractivity (Wildman–Crippen MR) is 115 cm³/mol. The van der Waals surface area contributed by atoms with Crippen molar-refractivity contribution in [3.8, 4) is 0 Å². The molecule has 28 heavy (non-hydrogen) atoms. The van der Waals surface area contributed by atoms with Crippen LogP contribution >= 0.6 is 0 Å². The lowest BCUT2D eigenvalue weighted by molar-refractivity contribution is -0.000932. The van der Waals surface area contributed by atoms with Crippen molar-refractivity contribution in [2.45, 2.75) is 70.8 Å². The lowest BCUT2D eigenvalue weighted by Gasteiger charge is -2.19. The van der Waals surface area contributed by atoms with E-state index in [4.69, 9.17) is 18.9 Å². The van der Waals surface area contributed by atoms with Crippen LogP contribution in [0.3, 0.4) is 0 Å². The van der Waals surface area contributed by atoms with E-state index in [0.717, 1.165) is 39.2 Å². The number of rotatable bonds is 9. The average molecular weight is 403 g/mol. The van der Waals surface area contributed by atoms with Crippen molar-refractivity contribution >= 4 is 0 Å². The Labute approximate surface area is 173 Å². The smallest absolute Gasteiger partial charge is 0.0704 e. The van der Waals surface area contributed by atoms with Crippen molar-refractivity contribution in [3.63, 3.8) is 0 Å². The standard InChI is InChI=1S/C22H46N2O4/c1-2-3-4-5-6-7-8-9-10-22-21-24-13-16-26-18-17-25-14-11-23-12-15-27-19-20-28-22/h22-24H,2-21H2,1H3. The minimum absolute atomic E-state index is 0.268. The molecule has 1 fully saturated rings. The molecule has 168 valence electrons. The number of hydrogen-bond donors (Lipinski definition) is 2. The number of hydrogen-bond acceptors (Lipinski definition) is 6. The van der Waals surface area contributed by atoms with Crippen molar-refractivity contribution in [1.29, 1.82) is 0 Å². The fraction of sp³-hybridized carbons (Fsp3) is 1.00. The van der Waals surface area contributed by atoms with E-state index in [9.17, 15) is 0 Å². The molecule has 0 aromatic heterocycles. The third kappa shape index (κ3) is 17.8. The van der Waals surface area contributed by atoms with Crippen LogP contribution in [0, 0.1) is 0 Å². The molecule has 0 bridgehead atoms. The Kier molecular flexibility index (Phi) is 19.8. The third-order valence-corrected chi connectivity index (χ3v) is 4.97. The highest BCUT2D eigenvalue weighted by molar-refractivity contribution is 4.63. The van der Waals surface area contributed by atoms with Gasteiger partial charge in [0, 0.05) is 26.2 Å². The lowest BCUT2D eigenvalue weighted by atomic mass is 10.1. The van der Waals surface area contributed by atoms with Gasteiger partial charge in [-0.25, -0.2) is 0 Å². The topological polar surface area (TPSA) is 61.0 Å². The second-order valence-electron chi connectivity index (χ2n) is 7.55. The monoisotopic (exact) mass is 402 g/mol. The van der Waals surface area contributed by atoms with Gasteiger partial charge in [0.1, 0.15) is 0 Å². The van der Waals surface area contributed by atoms with Gasteiger partial charge in [0.05, 0.1) is 52.4 Å². The lowest BCUT2D eigenvalue weighted by Crippen LogP contribution is -2.33. The molecular formula is C22H46N2O4. The zero-order chi connectivity index (χ0) is 20.0. The first-order valence-electron chi connectivity index (χ1n) is 11.7. The van der Waals surface area contributed by atoms with Crippen LogP contribution in [0.15, 0.2) is 0 Å². The first-order chi connectivity index (χ1) is 13.9. The van der Waals surface area contributed by atoms with Crippen LogP contribution in [-0.4, -0.2) is 78.5 Å². The summed E-state index contributed by atoms with van der Waals surface area (Å²) >= 11 is 0. The fourth-order valence-electron chi connectivity index (χ4n) is 3.27. The van der Waals surface area contributed by atoms with Gasteiger partial charge < -0.3 is 29.6 Å². The molecule has 6 nitrogen and oxygen atoms in total. The van der Waals surface area contributed by atoms with E-state index in [1.807, 2.05) is 0 Å². The van der Waals surface area contributed by atoms with Gasteiger partial charge in [-0.05, 0) is 6.42 Å². The highest BCUT2D eigenvalue weighted by Gasteiger charge is 2.09. The van der Waals surface area contributed by atoms with Crippen LogP contribution < -0.4 is 10.6 Å². The van der Waals surface area contributed by atoms with E-state index in [1.54, 1.807) is 0 Å². The molecule has 0 aromatic rings. The molecule has 1 saturated heterocycles. The summed E-state index contributed by atoms with van der Waals surface area (Å²) in [5.41, 5.74) is 0. The summed E-state index contributed by atoms with van der Waals surface area (Å²) in [6.07, 6.45) is 12.2. The predicted octanol–water partition coefficient (Wildman–Crippen LogP) is 3.15. The molecule has 1 aliphatic heterocycles. The highest BCUT2D eigenvalue weighted by atomic mass is 16.5. The average Bonchev–Trinajstić information content (AvgIpc) is 2.71. The zero-order valence-electron chi connectivity index (χ0n) is 18.4. The molecule has 0 aromatic carbocycles.